The van der Waals surface area contributed by atoms with Crippen molar-refractivity contribution in [3.05, 3.63) is 34.4 Å². The molecule has 3 N–H and O–H groups in total. The van der Waals surface area contributed by atoms with Gasteiger partial charge >= 0.3 is 0 Å². The van der Waals surface area contributed by atoms with Gasteiger partial charge in [-0.2, -0.15) is 0 Å². The maximum atomic E-state index is 12.4. The first kappa shape index (κ1) is 17.4. The van der Waals surface area contributed by atoms with Crippen molar-refractivity contribution in [1.82, 2.24) is 0 Å². The molecule has 7 nitrogen and oxygen atoms in total. The molecule has 1 amide bonds. The van der Waals surface area contributed by atoms with E-state index in [-0.39, 0.29) is 30.5 Å². The first-order chi connectivity index (χ1) is 9.57. The molecule has 0 atom stereocenters. The van der Waals surface area contributed by atoms with Gasteiger partial charge in [0.15, 0.2) is 0 Å². The molecule has 2 rings (SSSR count). The van der Waals surface area contributed by atoms with Gasteiger partial charge in [-0.15, -0.1) is 12.4 Å². The summed E-state index contributed by atoms with van der Waals surface area (Å²) in [5.74, 6) is -0.205. The summed E-state index contributed by atoms with van der Waals surface area (Å²) < 4.78 is 5.25. The fourth-order valence-electron chi connectivity index (χ4n) is 2.25. The predicted octanol–water partition coefficient (Wildman–Crippen LogP) is 1.71. The lowest BCUT2D eigenvalue weighted by Crippen LogP contribution is -2.46. The minimum Gasteiger partial charge on any atom is -0.381 e. The second-order valence-electron chi connectivity index (χ2n) is 4.86. The summed E-state index contributed by atoms with van der Waals surface area (Å²) in [7, 11) is 0. The van der Waals surface area contributed by atoms with E-state index in [0.29, 0.717) is 31.7 Å². The maximum absolute atomic E-state index is 12.4. The van der Waals surface area contributed by atoms with Crippen molar-refractivity contribution in [2.75, 3.05) is 25.1 Å². The largest absolute Gasteiger partial charge is 0.381 e. The Hall–Kier alpha value is -1.70. The maximum Gasteiger partial charge on any atom is 0.271 e. The topological polar surface area (TPSA) is 107 Å². The molecule has 0 saturated carbocycles. The molecule has 21 heavy (non-hydrogen) atoms. The lowest BCUT2D eigenvalue weighted by Gasteiger charge is -2.34. The highest BCUT2D eigenvalue weighted by molar-refractivity contribution is 5.95. The molecule has 0 aromatic heterocycles. The quantitative estimate of drug-likeness (QED) is 0.649. The molecule has 1 aromatic carbocycles. The molecule has 1 aromatic rings. The van der Waals surface area contributed by atoms with Gasteiger partial charge in [-0.25, -0.2) is 0 Å². The number of benzene rings is 1. The summed E-state index contributed by atoms with van der Waals surface area (Å²) in [6.07, 6.45) is 1.12. The van der Waals surface area contributed by atoms with Crippen LogP contribution in [0.25, 0.3) is 0 Å². The Bertz CT molecular complexity index is 518. The van der Waals surface area contributed by atoms with Crippen molar-refractivity contribution in [2.45, 2.75) is 12.8 Å². The van der Waals surface area contributed by atoms with E-state index in [4.69, 9.17) is 10.5 Å². The Balaban J connectivity index is 0.00000220. The average molecular weight is 316 g/mol. The van der Waals surface area contributed by atoms with E-state index in [9.17, 15) is 14.9 Å². The molecule has 1 saturated heterocycles. The van der Waals surface area contributed by atoms with Crippen LogP contribution in [0.15, 0.2) is 24.3 Å². The summed E-state index contributed by atoms with van der Waals surface area (Å²) in [5, 5.41) is 13.4. The van der Waals surface area contributed by atoms with Gasteiger partial charge in [0, 0.05) is 37.6 Å². The zero-order valence-corrected chi connectivity index (χ0v) is 12.2. The number of nitrogens with one attached hydrogen (secondary N) is 1. The third-order valence-electron chi connectivity index (χ3n) is 3.64. The minimum absolute atomic E-state index is 0. The van der Waals surface area contributed by atoms with E-state index in [1.807, 2.05) is 0 Å². The van der Waals surface area contributed by atoms with Crippen molar-refractivity contribution in [1.29, 1.82) is 0 Å². The van der Waals surface area contributed by atoms with Crippen molar-refractivity contribution in [3.63, 3.8) is 0 Å². The van der Waals surface area contributed by atoms with Crippen molar-refractivity contribution < 1.29 is 14.5 Å². The molecule has 116 valence electrons. The smallest absolute Gasteiger partial charge is 0.271 e. The van der Waals surface area contributed by atoms with E-state index >= 15 is 0 Å². The van der Waals surface area contributed by atoms with Crippen LogP contribution in [0, 0.1) is 15.5 Å². The second-order valence-corrected chi connectivity index (χ2v) is 4.86. The van der Waals surface area contributed by atoms with Crippen molar-refractivity contribution in [3.8, 4) is 0 Å². The Labute approximate surface area is 128 Å². The van der Waals surface area contributed by atoms with Gasteiger partial charge in [0.25, 0.3) is 5.69 Å². The molecule has 0 radical (unpaired) electrons. The molecule has 0 aliphatic carbocycles. The van der Waals surface area contributed by atoms with Crippen LogP contribution in [-0.2, 0) is 9.53 Å². The number of nitro groups is 1. The lowest BCUT2D eigenvalue weighted by molar-refractivity contribution is -0.384. The molecule has 1 aliphatic rings. The standard InChI is InChI=1S/C13H17N3O4.ClH/c14-9-13(4-6-20-7-5-13)12(17)15-10-2-1-3-11(8-10)16(18)19;/h1-3,8H,4-7,9,14H2,(H,15,17);1H. The number of amides is 1. The Morgan fingerprint density at radius 3 is 2.67 bits per heavy atom. The predicted molar refractivity (Wildman–Crippen MR) is 80.5 cm³/mol. The highest BCUT2D eigenvalue weighted by Gasteiger charge is 2.38. The molecule has 1 aliphatic heterocycles. The highest BCUT2D eigenvalue weighted by atomic mass is 35.5. The third-order valence-corrected chi connectivity index (χ3v) is 3.64. The zero-order valence-electron chi connectivity index (χ0n) is 11.4. The fourth-order valence-corrected chi connectivity index (χ4v) is 2.25. The monoisotopic (exact) mass is 315 g/mol. The summed E-state index contributed by atoms with van der Waals surface area (Å²) >= 11 is 0. The van der Waals surface area contributed by atoms with Crippen LogP contribution in [-0.4, -0.2) is 30.6 Å². The van der Waals surface area contributed by atoms with Gasteiger partial charge in [-0.3, -0.25) is 14.9 Å². The fraction of sp³-hybridized carbons (Fsp3) is 0.462. The van der Waals surface area contributed by atoms with Crippen LogP contribution >= 0.6 is 12.4 Å². The molecular formula is C13H18ClN3O4. The highest BCUT2D eigenvalue weighted by Crippen LogP contribution is 2.31. The van der Waals surface area contributed by atoms with Crippen LogP contribution in [0.3, 0.4) is 0 Å². The van der Waals surface area contributed by atoms with E-state index in [1.54, 1.807) is 6.07 Å². The number of non-ortho nitro benzene ring substituents is 1. The SMILES string of the molecule is Cl.NCC1(C(=O)Nc2cccc([N+](=O)[O-])c2)CCOCC1. The van der Waals surface area contributed by atoms with E-state index < -0.39 is 10.3 Å². The second kappa shape index (κ2) is 7.35. The van der Waals surface area contributed by atoms with Crippen LogP contribution < -0.4 is 11.1 Å². The first-order valence-electron chi connectivity index (χ1n) is 6.41. The summed E-state index contributed by atoms with van der Waals surface area (Å²) in [6, 6.07) is 5.87. The molecule has 0 bridgehead atoms. The van der Waals surface area contributed by atoms with E-state index in [2.05, 4.69) is 5.32 Å². The Morgan fingerprint density at radius 1 is 1.43 bits per heavy atom. The van der Waals surface area contributed by atoms with Gasteiger partial charge in [-0.05, 0) is 18.9 Å². The van der Waals surface area contributed by atoms with Gasteiger partial charge in [-0.1, -0.05) is 6.07 Å². The molecule has 8 heteroatoms. The lowest BCUT2D eigenvalue weighted by atomic mass is 9.79. The number of anilines is 1. The number of ether oxygens (including phenoxy) is 1. The zero-order chi connectivity index (χ0) is 14.6. The number of halogens is 1. The number of hydrogen-bond donors (Lipinski definition) is 2. The number of nitrogens with zero attached hydrogens (tertiary/aromatic N) is 1. The number of nitro benzene ring substituents is 1. The number of carbonyl (C=O) groups excluding carboxylic acids is 1. The van der Waals surface area contributed by atoms with Crippen LogP contribution in [0.5, 0.6) is 0 Å². The van der Waals surface area contributed by atoms with Gasteiger partial charge in [0.05, 0.1) is 10.3 Å². The number of carbonyl (C=O) groups is 1. The molecule has 0 spiro atoms. The van der Waals surface area contributed by atoms with Crippen molar-refractivity contribution in [2.24, 2.45) is 11.1 Å². The minimum atomic E-state index is -0.650. The van der Waals surface area contributed by atoms with E-state index in [1.165, 1.54) is 18.2 Å². The molecule has 0 unspecified atom stereocenters. The number of nitrogens with two attached hydrogens (primary N) is 1. The van der Waals surface area contributed by atoms with Gasteiger partial charge in [0.2, 0.25) is 5.91 Å². The first-order valence-corrected chi connectivity index (χ1v) is 6.41. The molecule has 1 heterocycles. The van der Waals surface area contributed by atoms with Gasteiger partial charge < -0.3 is 15.8 Å². The molecular weight excluding hydrogens is 298 g/mol. The Morgan fingerprint density at radius 2 is 2.10 bits per heavy atom. The Kier molecular flexibility index (Phi) is 6.07. The van der Waals surface area contributed by atoms with Crippen LogP contribution in [0.4, 0.5) is 11.4 Å². The van der Waals surface area contributed by atoms with Crippen LogP contribution in [0.2, 0.25) is 0 Å². The third kappa shape index (κ3) is 3.90. The summed E-state index contributed by atoms with van der Waals surface area (Å²) in [5.41, 5.74) is 5.44. The summed E-state index contributed by atoms with van der Waals surface area (Å²) in [4.78, 5) is 22.6. The van der Waals surface area contributed by atoms with Crippen LogP contribution in [0.1, 0.15) is 12.8 Å². The van der Waals surface area contributed by atoms with E-state index in [0.717, 1.165) is 0 Å². The normalized spacial score (nSPS) is 16.6. The number of hydrogen-bond acceptors (Lipinski definition) is 5. The number of rotatable bonds is 4. The van der Waals surface area contributed by atoms with Crippen molar-refractivity contribution >= 4 is 29.7 Å². The average Bonchev–Trinajstić information content (AvgIpc) is 2.48. The summed E-state index contributed by atoms with van der Waals surface area (Å²) in [6.45, 7) is 1.23. The van der Waals surface area contributed by atoms with Gasteiger partial charge in [0.1, 0.15) is 0 Å². The molecule has 1 fully saturated rings.